The lowest BCUT2D eigenvalue weighted by Gasteiger charge is -2.38. The molecular weight excluding hydrogens is 368 g/mol. The number of nitrogens with zero attached hydrogens (tertiary/aromatic N) is 1. The summed E-state index contributed by atoms with van der Waals surface area (Å²) in [4.78, 5) is 15.1. The van der Waals surface area contributed by atoms with Crippen molar-refractivity contribution in [3.63, 3.8) is 0 Å². The van der Waals surface area contributed by atoms with E-state index in [0.717, 1.165) is 22.7 Å². The van der Waals surface area contributed by atoms with Gasteiger partial charge < -0.3 is 19.9 Å². The summed E-state index contributed by atoms with van der Waals surface area (Å²) < 4.78 is 10.8. The molecule has 3 aromatic rings. The smallest absolute Gasteiger partial charge is 0.262 e. The molecule has 1 atom stereocenters. The van der Waals surface area contributed by atoms with Gasteiger partial charge in [-0.1, -0.05) is 18.2 Å². The van der Waals surface area contributed by atoms with Gasteiger partial charge >= 0.3 is 0 Å². The van der Waals surface area contributed by atoms with E-state index in [9.17, 15) is 9.90 Å². The van der Waals surface area contributed by atoms with Crippen LogP contribution in [0.3, 0.4) is 0 Å². The normalized spacial score (nSPS) is 15.4. The zero-order valence-corrected chi connectivity index (χ0v) is 16.3. The lowest BCUT2D eigenvalue weighted by Crippen LogP contribution is -2.43. The van der Waals surface area contributed by atoms with Crippen molar-refractivity contribution in [2.75, 3.05) is 23.9 Å². The van der Waals surface area contributed by atoms with Crippen molar-refractivity contribution in [1.82, 2.24) is 0 Å². The van der Waals surface area contributed by atoms with E-state index in [2.05, 4.69) is 5.32 Å². The number of rotatable bonds is 5. The quantitative estimate of drug-likeness (QED) is 0.668. The standard InChI is InChI=1S/C23H22N2O4/c1-3-29-17-11-9-16(10-12-17)25-22(15-8-13-20(26)21(14-15)28-2)24-19-7-5-4-6-18(19)23(25)27/h4-14,22,24,26H,3H2,1-2H3/t22-/m0/s1. The molecule has 3 aromatic carbocycles. The Morgan fingerprint density at radius 3 is 2.55 bits per heavy atom. The van der Waals surface area contributed by atoms with E-state index in [-0.39, 0.29) is 11.7 Å². The summed E-state index contributed by atoms with van der Waals surface area (Å²) in [5, 5.41) is 13.4. The number of benzene rings is 3. The topological polar surface area (TPSA) is 71.0 Å². The van der Waals surface area contributed by atoms with Gasteiger partial charge in [0.05, 0.1) is 19.3 Å². The Bertz CT molecular complexity index is 1030. The third-order valence-electron chi connectivity index (χ3n) is 4.87. The molecule has 0 bridgehead atoms. The van der Waals surface area contributed by atoms with Crippen molar-refractivity contribution in [2.45, 2.75) is 13.1 Å². The highest BCUT2D eigenvalue weighted by atomic mass is 16.5. The summed E-state index contributed by atoms with van der Waals surface area (Å²) in [6.07, 6.45) is -0.468. The van der Waals surface area contributed by atoms with Crippen molar-refractivity contribution < 1.29 is 19.4 Å². The predicted octanol–water partition coefficient (Wildman–Crippen LogP) is 4.57. The van der Waals surface area contributed by atoms with Gasteiger partial charge in [-0.15, -0.1) is 0 Å². The Morgan fingerprint density at radius 1 is 1.07 bits per heavy atom. The molecule has 148 valence electrons. The average Bonchev–Trinajstić information content (AvgIpc) is 2.75. The van der Waals surface area contributed by atoms with Crippen LogP contribution in [0.25, 0.3) is 0 Å². The molecule has 0 unspecified atom stereocenters. The zero-order valence-electron chi connectivity index (χ0n) is 16.3. The average molecular weight is 390 g/mol. The maximum atomic E-state index is 13.4. The third-order valence-corrected chi connectivity index (χ3v) is 4.87. The van der Waals surface area contributed by atoms with Crippen molar-refractivity contribution in [1.29, 1.82) is 0 Å². The fourth-order valence-corrected chi connectivity index (χ4v) is 3.49. The molecule has 0 saturated carbocycles. The fourth-order valence-electron chi connectivity index (χ4n) is 3.49. The number of nitrogens with one attached hydrogen (secondary N) is 1. The van der Waals surface area contributed by atoms with E-state index >= 15 is 0 Å². The molecule has 0 radical (unpaired) electrons. The first-order valence-electron chi connectivity index (χ1n) is 9.41. The minimum absolute atomic E-state index is 0.0476. The highest BCUT2D eigenvalue weighted by Gasteiger charge is 2.34. The molecule has 0 spiro atoms. The lowest BCUT2D eigenvalue weighted by molar-refractivity contribution is 0.0975. The molecular formula is C23H22N2O4. The number of aromatic hydroxyl groups is 1. The van der Waals surface area contributed by atoms with Crippen LogP contribution in [0.1, 0.15) is 29.0 Å². The van der Waals surface area contributed by atoms with Gasteiger partial charge in [-0.25, -0.2) is 0 Å². The van der Waals surface area contributed by atoms with E-state index in [0.29, 0.717) is 17.9 Å². The van der Waals surface area contributed by atoms with E-state index in [4.69, 9.17) is 9.47 Å². The largest absolute Gasteiger partial charge is 0.504 e. The molecule has 1 amide bonds. The summed E-state index contributed by atoms with van der Waals surface area (Å²) >= 11 is 0. The predicted molar refractivity (Wildman–Crippen MR) is 112 cm³/mol. The van der Waals surface area contributed by atoms with Gasteiger partial charge in [0.1, 0.15) is 11.9 Å². The number of anilines is 2. The second kappa shape index (κ2) is 7.75. The summed E-state index contributed by atoms with van der Waals surface area (Å²) in [5.41, 5.74) is 2.88. The Balaban J connectivity index is 1.81. The van der Waals surface area contributed by atoms with Gasteiger partial charge in [0.15, 0.2) is 11.5 Å². The molecule has 6 heteroatoms. The van der Waals surface area contributed by atoms with Crippen LogP contribution in [-0.4, -0.2) is 24.7 Å². The Kier molecular flexibility index (Phi) is 4.99. The van der Waals surface area contributed by atoms with E-state index in [1.165, 1.54) is 7.11 Å². The first-order valence-corrected chi connectivity index (χ1v) is 9.41. The van der Waals surface area contributed by atoms with Crippen LogP contribution >= 0.6 is 0 Å². The van der Waals surface area contributed by atoms with Gasteiger partial charge in [0, 0.05) is 11.4 Å². The van der Waals surface area contributed by atoms with Gasteiger partial charge in [0.2, 0.25) is 0 Å². The van der Waals surface area contributed by atoms with Crippen LogP contribution in [0.5, 0.6) is 17.2 Å². The molecule has 1 aliphatic rings. The number of carbonyl (C=O) groups excluding carboxylic acids is 1. The molecule has 4 rings (SSSR count). The summed E-state index contributed by atoms with van der Waals surface area (Å²) in [7, 11) is 1.50. The number of methoxy groups -OCH3 is 1. The van der Waals surface area contributed by atoms with Crippen LogP contribution in [0, 0.1) is 0 Å². The number of ether oxygens (including phenoxy) is 2. The van der Waals surface area contributed by atoms with Crippen molar-refractivity contribution in [3.05, 3.63) is 77.9 Å². The maximum Gasteiger partial charge on any atom is 0.262 e. The molecule has 1 heterocycles. The van der Waals surface area contributed by atoms with E-state index in [1.54, 1.807) is 29.2 Å². The number of hydrogen-bond donors (Lipinski definition) is 2. The Morgan fingerprint density at radius 2 is 1.83 bits per heavy atom. The fraction of sp³-hybridized carbons (Fsp3) is 0.174. The molecule has 2 N–H and O–H groups in total. The summed E-state index contributed by atoms with van der Waals surface area (Å²) in [6, 6.07) is 19.9. The Hall–Kier alpha value is -3.67. The number of amides is 1. The second-order valence-electron chi connectivity index (χ2n) is 6.63. The van der Waals surface area contributed by atoms with Crippen LogP contribution in [0.15, 0.2) is 66.7 Å². The second-order valence-corrected chi connectivity index (χ2v) is 6.63. The number of hydrogen-bond acceptors (Lipinski definition) is 5. The van der Waals surface area contributed by atoms with Crippen molar-refractivity contribution >= 4 is 17.3 Å². The third kappa shape index (κ3) is 3.45. The number of para-hydroxylation sites is 1. The minimum Gasteiger partial charge on any atom is -0.504 e. The van der Waals surface area contributed by atoms with Crippen molar-refractivity contribution in [2.24, 2.45) is 0 Å². The molecule has 0 fully saturated rings. The van der Waals surface area contributed by atoms with E-state index in [1.807, 2.05) is 49.4 Å². The zero-order chi connectivity index (χ0) is 20.4. The maximum absolute atomic E-state index is 13.4. The van der Waals surface area contributed by atoms with Gasteiger partial charge in [0.25, 0.3) is 5.91 Å². The van der Waals surface area contributed by atoms with Gasteiger partial charge in [-0.3, -0.25) is 9.69 Å². The minimum atomic E-state index is -0.468. The van der Waals surface area contributed by atoms with Crippen molar-refractivity contribution in [3.8, 4) is 17.2 Å². The Labute approximate surface area is 169 Å². The molecule has 0 aromatic heterocycles. The van der Waals surface area contributed by atoms with Gasteiger partial charge in [-0.2, -0.15) is 0 Å². The van der Waals surface area contributed by atoms with Gasteiger partial charge in [-0.05, 0) is 61.0 Å². The van der Waals surface area contributed by atoms with Crippen LogP contribution in [-0.2, 0) is 0 Å². The number of phenols is 1. The lowest BCUT2D eigenvalue weighted by atomic mass is 10.0. The summed E-state index contributed by atoms with van der Waals surface area (Å²) in [5.74, 6) is 1.03. The van der Waals surface area contributed by atoms with E-state index < -0.39 is 6.17 Å². The number of fused-ring (bicyclic) bond motifs is 1. The molecule has 6 nitrogen and oxygen atoms in total. The number of carbonyl (C=O) groups is 1. The molecule has 1 aliphatic heterocycles. The summed E-state index contributed by atoms with van der Waals surface area (Å²) in [6.45, 7) is 2.50. The molecule has 0 saturated heterocycles. The van der Waals surface area contributed by atoms with Crippen LogP contribution < -0.4 is 19.7 Å². The van der Waals surface area contributed by atoms with Crippen LogP contribution in [0.2, 0.25) is 0 Å². The molecule has 29 heavy (non-hydrogen) atoms. The first kappa shape index (κ1) is 18.7. The monoisotopic (exact) mass is 390 g/mol. The first-order chi connectivity index (χ1) is 14.1. The highest BCUT2D eigenvalue weighted by Crippen LogP contribution is 2.39. The van der Waals surface area contributed by atoms with Crippen LogP contribution in [0.4, 0.5) is 11.4 Å². The number of phenolic OH excluding ortho intramolecular Hbond substituents is 1. The molecule has 0 aliphatic carbocycles. The highest BCUT2D eigenvalue weighted by molar-refractivity contribution is 6.12. The SMILES string of the molecule is CCOc1ccc(N2C(=O)c3ccccc3N[C@@H]2c2ccc(O)c(OC)c2)cc1.